The van der Waals surface area contributed by atoms with E-state index in [1.165, 1.54) is 5.56 Å². The molecule has 1 aliphatic heterocycles. The molecule has 0 atom stereocenters. The molecule has 5 rings (SSSR count). The second-order valence-electron chi connectivity index (χ2n) is 8.67. The van der Waals surface area contributed by atoms with Gasteiger partial charge in [-0.1, -0.05) is 54.6 Å². The number of aromatic nitrogens is 2. The van der Waals surface area contributed by atoms with E-state index in [1.54, 1.807) is 0 Å². The van der Waals surface area contributed by atoms with Crippen molar-refractivity contribution in [2.24, 2.45) is 0 Å². The molecule has 1 aliphatic rings. The standard InChI is InChI=1S/C28H30N4O2/c33-28(29-20-22-7-6-8-23(19-22)21-31-15-17-34-18-16-31)14-13-27-30-25-11-4-5-12-26(25)32(27)24-9-2-1-3-10-24/h1-12,19H,13-18,20-21H2,(H,29,33). The van der Waals surface area contributed by atoms with Crippen LogP contribution in [-0.4, -0.2) is 46.7 Å². The van der Waals surface area contributed by atoms with Gasteiger partial charge in [0, 0.05) is 44.7 Å². The number of carbonyl (C=O) groups is 1. The summed E-state index contributed by atoms with van der Waals surface area (Å²) in [5.41, 5.74) is 5.45. The van der Waals surface area contributed by atoms with Crippen LogP contribution in [-0.2, 0) is 29.0 Å². The number of benzene rings is 3. The molecule has 3 aromatic carbocycles. The largest absolute Gasteiger partial charge is 0.379 e. The van der Waals surface area contributed by atoms with Gasteiger partial charge in [0.1, 0.15) is 5.82 Å². The molecule has 1 amide bonds. The number of carbonyl (C=O) groups excluding carboxylic acids is 1. The number of rotatable bonds is 8. The highest BCUT2D eigenvalue weighted by atomic mass is 16.5. The molecule has 0 spiro atoms. The monoisotopic (exact) mass is 454 g/mol. The van der Waals surface area contributed by atoms with Crippen LogP contribution in [0.2, 0.25) is 0 Å². The number of fused-ring (bicyclic) bond motifs is 1. The zero-order valence-corrected chi connectivity index (χ0v) is 19.3. The SMILES string of the molecule is O=C(CCc1nc2ccccc2n1-c1ccccc1)NCc1cccc(CN2CCOCC2)c1. The van der Waals surface area contributed by atoms with Crippen molar-refractivity contribution in [2.75, 3.05) is 26.3 Å². The third kappa shape index (κ3) is 5.35. The highest BCUT2D eigenvalue weighted by molar-refractivity contribution is 5.79. The molecule has 2 heterocycles. The van der Waals surface area contributed by atoms with Crippen molar-refractivity contribution in [3.63, 3.8) is 0 Å². The molecule has 6 nitrogen and oxygen atoms in total. The molecule has 174 valence electrons. The van der Waals surface area contributed by atoms with Crippen LogP contribution in [0.25, 0.3) is 16.7 Å². The lowest BCUT2D eigenvalue weighted by molar-refractivity contribution is -0.121. The first-order valence-electron chi connectivity index (χ1n) is 11.9. The van der Waals surface area contributed by atoms with Crippen molar-refractivity contribution in [1.82, 2.24) is 19.8 Å². The van der Waals surface area contributed by atoms with Crippen LogP contribution in [0.15, 0.2) is 78.9 Å². The minimum Gasteiger partial charge on any atom is -0.379 e. The molecule has 1 fully saturated rings. The molecule has 0 radical (unpaired) electrons. The Kier molecular flexibility index (Phi) is 6.98. The fourth-order valence-electron chi connectivity index (χ4n) is 4.48. The third-order valence-corrected chi connectivity index (χ3v) is 6.21. The number of para-hydroxylation sites is 3. The highest BCUT2D eigenvalue weighted by Gasteiger charge is 2.14. The molecule has 0 aliphatic carbocycles. The first-order valence-corrected chi connectivity index (χ1v) is 11.9. The van der Waals surface area contributed by atoms with E-state index in [-0.39, 0.29) is 5.91 Å². The van der Waals surface area contributed by atoms with Crippen LogP contribution in [0, 0.1) is 0 Å². The predicted molar refractivity (Wildman–Crippen MR) is 134 cm³/mol. The number of nitrogens with zero attached hydrogens (tertiary/aromatic N) is 3. The molecule has 0 unspecified atom stereocenters. The predicted octanol–water partition coefficient (Wildman–Crippen LogP) is 4.11. The molecule has 1 aromatic heterocycles. The van der Waals surface area contributed by atoms with E-state index in [9.17, 15) is 4.79 Å². The van der Waals surface area contributed by atoms with Crippen molar-refractivity contribution >= 4 is 16.9 Å². The van der Waals surface area contributed by atoms with Crippen molar-refractivity contribution in [3.05, 3.63) is 95.8 Å². The average Bonchev–Trinajstić information content (AvgIpc) is 3.26. The number of amides is 1. The van der Waals surface area contributed by atoms with E-state index in [2.05, 4.69) is 57.2 Å². The van der Waals surface area contributed by atoms with Gasteiger partial charge in [0.2, 0.25) is 5.91 Å². The average molecular weight is 455 g/mol. The Morgan fingerprint density at radius 3 is 2.53 bits per heavy atom. The van der Waals surface area contributed by atoms with Crippen molar-refractivity contribution < 1.29 is 9.53 Å². The quantitative estimate of drug-likeness (QED) is 0.435. The highest BCUT2D eigenvalue weighted by Crippen LogP contribution is 2.22. The summed E-state index contributed by atoms with van der Waals surface area (Å²) < 4.78 is 7.59. The number of morpholine rings is 1. The number of hydrogen-bond acceptors (Lipinski definition) is 4. The van der Waals surface area contributed by atoms with Crippen LogP contribution >= 0.6 is 0 Å². The van der Waals surface area contributed by atoms with Gasteiger partial charge in [-0.25, -0.2) is 4.98 Å². The fourth-order valence-corrected chi connectivity index (χ4v) is 4.48. The van der Waals surface area contributed by atoms with E-state index < -0.39 is 0 Å². The van der Waals surface area contributed by atoms with E-state index in [4.69, 9.17) is 9.72 Å². The molecule has 1 N–H and O–H groups in total. The maximum Gasteiger partial charge on any atom is 0.220 e. The summed E-state index contributed by atoms with van der Waals surface area (Å²) in [6.07, 6.45) is 0.968. The summed E-state index contributed by atoms with van der Waals surface area (Å²) >= 11 is 0. The summed E-state index contributed by atoms with van der Waals surface area (Å²) in [5, 5.41) is 3.08. The number of nitrogens with one attached hydrogen (secondary N) is 1. The Morgan fingerprint density at radius 1 is 0.912 bits per heavy atom. The molecule has 1 saturated heterocycles. The zero-order chi connectivity index (χ0) is 23.2. The van der Waals surface area contributed by atoms with Crippen molar-refractivity contribution in [2.45, 2.75) is 25.9 Å². The lowest BCUT2D eigenvalue weighted by Crippen LogP contribution is -2.35. The van der Waals surface area contributed by atoms with Crippen LogP contribution in [0.5, 0.6) is 0 Å². The van der Waals surface area contributed by atoms with Gasteiger partial charge in [-0.3, -0.25) is 14.3 Å². The fraction of sp³-hybridized carbons (Fsp3) is 0.286. The van der Waals surface area contributed by atoms with Crippen LogP contribution in [0.1, 0.15) is 23.4 Å². The first kappa shape index (κ1) is 22.3. The second kappa shape index (κ2) is 10.6. The van der Waals surface area contributed by atoms with Crippen molar-refractivity contribution in [3.8, 4) is 5.69 Å². The van der Waals surface area contributed by atoms with E-state index in [0.717, 1.165) is 61.0 Å². The zero-order valence-electron chi connectivity index (χ0n) is 19.3. The minimum atomic E-state index is 0.0326. The Bertz CT molecular complexity index is 1250. The van der Waals surface area contributed by atoms with E-state index in [0.29, 0.717) is 19.4 Å². The third-order valence-electron chi connectivity index (χ3n) is 6.21. The van der Waals surface area contributed by atoms with Gasteiger partial charge in [0.05, 0.1) is 24.2 Å². The maximum atomic E-state index is 12.7. The van der Waals surface area contributed by atoms with Gasteiger partial charge in [-0.15, -0.1) is 0 Å². The number of ether oxygens (including phenoxy) is 1. The van der Waals surface area contributed by atoms with Gasteiger partial charge in [0.25, 0.3) is 0 Å². The van der Waals surface area contributed by atoms with Crippen molar-refractivity contribution in [1.29, 1.82) is 0 Å². The summed E-state index contributed by atoms with van der Waals surface area (Å²) in [7, 11) is 0. The Hall–Kier alpha value is -3.48. The Balaban J connectivity index is 1.21. The minimum absolute atomic E-state index is 0.0326. The molecule has 4 aromatic rings. The van der Waals surface area contributed by atoms with Gasteiger partial charge in [0.15, 0.2) is 0 Å². The molecular weight excluding hydrogens is 424 g/mol. The Labute approximate surface area is 200 Å². The molecule has 0 saturated carbocycles. The van der Waals surface area contributed by atoms with Crippen LogP contribution in [0.4, 0.5) is 0 Å². The van der Waals surface area contributed by atoms with Gasteiger partial charge in [-0.05, 0) is 35.4 Å². The lowest BCUT2D eigenvalue weighted by Gasteiger charge is -2.26. The molecule has 6 heteroatoms. The van der Waals surface area contributed by atoms with Gasteiger partial charge in [-0.2, -0.15) is 0 Å². The smallest absolute Gasteiger partial charge is 0.220 e. The lowest BCUT2D eigenvalue weighted by atomic mass is 10.1. The van der Waals surface area contributed by atoms with Crippen LogP contribution < -0.4 is 5.32 Å². The van der Waals surface area contributed by atoms with Crippen LogP contribution in [0.3, 0.4) is 0 Å². The topological polar surface area (TPSA) is 59.4 Å². The second-order valence-corrected chi connectivity index (χ2v) is 8.67. The maximum absolute atomic E-state index is 12.7. The number of aryl methyl sites for hydroxylation is 1. The molecule has 34 heavy (non-hydrogen) atoms. The van der Waals surface area contributed by atoms with E-state index >= 15 is 0 Å². The van der Waals surface area contributed by atoms with Gasteiger partial charge < -0.3 is 10.1 Å². The normalized spacial score (nSPS) is 14.4. The number of imidazole rings is 1. The van der Waals surface area contributed by atoms with Gasteiger partial charge >= 0.3 is 0 Å². The Morgan fingerprint density at radius 2 is 1.68 bits per heavy atom. The summed E-state index contributed by atoms with van der Waals surface area (Å²) in [4.78, 5) is 19.9. The van der Waals surface area contributed by atoms with E-state index in [1.807, 2.05) is 36.4 Å². The summed E-state index contributed by atoms with van der Waals surface area (Å²) in [6, 6.07) is 26.8. The first-order chi connectivity index (χ1) is 16.8. The number of hydrogen-bond donors (Lipinski definition) is 1. The summed E-state index contributed by atoms with van der Waals surface area (Å²) in [6.45, 7) is 4.98. The molecular formula is C28H30N4O2. The molecule has 0 bridgehead atoms. The summed E-state index contributed by atoms with van der Waals surface area (Å²) in [5.74, 6) is 0.931.